The summed E-state index contributed by atoms with van der Waals surface area (Å²) in [5.74, 6) is 1.31. The van der Waals surface area contributed by atoms with E-state index in [1.54, 1.807) is 0 Å². The topological polar surface area (TPSA) is 61.8 Å². The van der Waals surface area contributed by atoms with Crippen LogP contribution in [0.25, 0.3) is 0 Å². The monoisotopic (exact) mass is 478 g/mol. The predicted molar refractivity (Wildman–Crippen MR) is 140 cm³/mol. The lowest BCUT2D eigenvalue weighted by molar-refractivity contribution is -0.223. The molecule has 0 bridgehead atoms. The number of carbonyl (C=O) groups is 1. The maximum absolute atomic E-state index is 14.2. The van der Waals surface area contributed by atoms with E-state index in [2.05, 4.69) is 58.7 Å². The number of nitrogens with one attached hydrogen (secondary N) is 1. The normalized spacial score (nSPS) is 31.1. The molecule has 34 heavy (non-hydrogen) atoms. The molecule has 198 valence electrons. The van der Waals surface area contributed by atoms with Gasteiger partial charge < -0.3 is 20.1 Å². The van der Waals surface area contributed by atoms with Crippen molar-refractivity contribution in [3.63, 3.8) is 0 Å². The molecule has 2 atom stereocenters. The van der Waals surface area contributed by atoms with Crippen LogP contribution in [0.4, 0.5) is 0 Å². The number of ether oxygens (including phenoxy) is 1. The van der Waals surface area contributed by atoms with Crippen molar-refractivity contribution in [2.45, 2.75) is 148 Å². The van der Waals surface area contributed by atoms with Crippen LogP contribution in [0.1, 0.15) is 126 Å². The summed E-state index contributed by atoms with van der Waals surface area (Å²) >= 11 is 0. The molecule has 3 aliphatic rings. The minimum absolute atomic E-state index is 0.102. The number of hydrogen-bond donors (Lipinski definition) is 2. The Bertz CT molecular complexity index is 667. The predicted octanol–water partition coefficient (Wildman–Crippen LogP) is 6.04. The van der Waals surface area contributed by atoms with Gasteiger partial charge in [-0.2, -0.15) is 0 Å². The first-order chi connectivity index (χ1) is 15.9. The fraction of sp³-hybridized carbons (Fsp3) is 0.966. The number of amides is 1. The van der Waals surface area contributed by atoms with E-state index in [9.17, 15) is 9.90 Å². The number of carbonyl (C=O) groups excluding carboxylic acids is 1. The number of nitrogens with zero attached hydrogens (tertiary/aromatic N) is 1. The van der Waals surface area contributed by atoms with Gasteiger partial charge in [-0.25, -0.2) is 0 Å². The minimum atomic E-state index is -0.751. The molecule has 2 saturated heterocycles. The van der Waals surface area contributed by atoms with Gasteiger partial charge >= 0.3 is 0 Å². The second-order valence-corrected chi connectivity index (χ2v) is 13.4. The molecule has 2 unspecified atom stereocenters. The Morgan fingerprint density at radius 3 is 2.18 bits per heavy atom. The van der Waals surface area contributed by atoms with Crippen molar-refractivity contribution in [3.05, 3.63) is 0 Å². The van der Waals surface area contributed by atoms with E-state index in [0.29, 0.717) is 31.2 Å². The van der Waals surface area contributed by atoms with Crippen molar-refractivity contribution < 1.29 is 14.6 Å². The van der Waals surface area contributed by atoms with Gasteiger partial charge in [-0.15, -0.1) is 0 Å². The van der Waals surface area contributed by atoms with Gasteiger partial charge in [-0.05, 0) is 52.4 Å². The van der Waals surface area contributed by atoms with Crippen LogP contribution < -0.4 is 5.32 Å². The van der Waals surface area contributed by atoms with Crippen molar-refractivity contribution in [2.75, 3.05) is 13.2 Å². The smallest absolute Gasteiger partial charge is 0.257 e. The summed E-state index contributed by atoms with van der Waals surface area (Å²) in [4.78, 5) is 16.3. The molecule has 2 N–H and O–H groups in total. The highest BCUT2D eigenvalue weighted by molar-refractivity contribution is 5.88. The largest absolute Gasteiger partial charge is 0.396 e. The zero-order valence-corrected chi connectivity index (χ0v) is 23.3. The number of hydrogen-bond acceptors (Lipinski definition) is 4. The van der Waals surface area contributed by atoms with Crippen molar-refractivity contribution in [1.82, 2.24) is 10.2 Å². The summed E-state index contributed by atoms with van der Waals surface area (Å²) in [6, 6.07) is 0. The highest BCUT2D eigenvalue weighted by Crippen LogP contribution is 2.57. The summed E-state index contributed by atoms with van der Waals surface area (Å²) in [6.45, 7) is 16.2. The zero-order valence-electron chi connectivity index (χ0n) is 23.3. The highest BCUT2D eigenvalue weighted by Gasteiger charge is 2.67. The number of unbranched alkanes of at least 4 members (excludes halogenated alkanes) is 5. The lowest BCUT2D eigenvalue weighted by Gasteiger charge is -2.52. The summed E-state index contributed by atoms with van der Waals surface area (Å²) in [5.41, 5.74) is -1.54. The number of aliphatic hydroxyl groups is 1. The number of aliphatic hydroxyl groups excluding tert-OH is 1. The van der Waals surface area contributed by atoms with E-state index in [1.165, 1.54) is 44.9 Å². The van der Waals surface area contributed by atoms with E-state index < -0.39 is 11.3 Å². The molecular formula is C29H54N2O3. The van der Waals surface area contributed by atoms with E-state index in [0.717, 1.165) is 19.3 Å². The molecule has 0 aromatic rings. The van der Waals surface area contributed by atoms with Crippen LogP contribution in [0.3, 0.4) is 0 Å². The second kappa shape index (κ2) is 10.8. The van der Waals surface area contributed by atoms with Gasteiger partial charge in [0.1, 0.15) is 5.72 Å². The van der Waals surface area contributed by atoms with Crippen LogP contribution in [0.5, 0.6) is 0 Å². The summed E-state index contributed by atoms with van der Waals surface area (Å²) in [7, 11) is 0. The van der Waals surface area contributed by atoms with Gasteiger partial charge in [0.25, 0.3) is 5.91 Å². The molecule has 0 aromatic carbocycles. The van der Waals surface area contributed by atoms with Crippen molar-refractivity contribution in [1.29, 1.82) is 0 Å². The second-order valence-electron chi connectivity index (χ2n) is 13.4. The third kappa shape index (κ3) is 6.00. The molecule has 3 fully saturated rings. The average molecular weight is 479 g/mol. The molecule has 1 aliphatic carbocycles. The third-order valence-electron chi connectivity index (χ3n) is 8.93. The maximum Gasteiger partial charge on any atom is 0.257 e. The molecule has 0 radical (unpaired) electrons. The van der Waals surface area contributed by atoms with E-state index in [-0.39, 0.29) is 29.5 Å². The van der Waals surface area contributed by atoms with Gasteiger partial charge in [0.15, 0.2) is 5.60 Å². The lowest BCUT2D eigenvalue weighted by atomic mass is 9.72. The summed E-state index contributed by atoms with van der Waals surface area (Å²) in [5, 5.41) is 13.9. The van der Waals surface area contributed by atoms with Gasteiger partial charge in [0, 0.05) is 43.0 Å². The van der Waals surface area contributed by atoms with E-state index >= 15 is 0 Å². The van der Waals surface area contributed by atoms with Crippen molar-refractivity contribution in [2.24, 2.45) is 17.8 Å². The molecule has 2 spiro atoms. The van der Waals surface area contributed by atoms with E-state index in [1.807, 2.05) is 0 Å². The summed E-state index contributed by atoms with van der Waals surface area (Å²) < 4.78 is 7.01. The van der Waals surface area contributed by atoms with Gasteiger partial charge in [-0.3, -0.25) is 4.79 Å². The Morgan fingerprint density at radius 1 is 1.03 bits per heavy atom. The van der Waals surface area contributed by atoms with Crippen LogP contribution in [0.15, 0.2) is 0 Å². The Hall–Kier alpha value is -0.650. The molecule has 1 saturated carbocycles. The number of rotatable bonds is 12. The molecule has 2 aliphatic heterocycles. The fourth-order valence-corrected chi connectivity index (χ4v) is 7.41. The first kappa shape index (κ1) is 27.9. The Kier molecular flexibility index (Phi) is 8.84. The molecule has 5 nitrogen and oxygen atoms in total. The van der Waals surface area contributed by atoms with Crippen LogP contribution in [-0.2, 0) is 9.53 Å². The maximum atomic E-state index is 14.2. The van der Waals surface area contributed by atoms with Crippen LogP contribution >= 0.6 is 0 Å². The Labute approximate surface area is 209 Å². The Balaban J connectivity index is 1.75. The fourth-order valence-electron chi connectivity index (χ4n) is 7.41. The van der Waals surface area contributed by atoms with Gasteiger partial charge in [-0.1, -0.05) is 72.1 Å². The van der Waals surface area contributed by atoms with Crippen LogP contribution in [0, 0.1) is 17.8 Å². The molecule has 5 heteroatoms. The van der Waals surface area contributed by atoms with Crippen LogP contribution in [-0.4, -0.2) is 51.5 Å². The average Bonchev–Trinajstić information content (AvgIpc) is 2.92. The van der Waals surface area contributed by atoms with Gasteiger partial charge in [0.2, 0.25) is 0 Å². The molecule has 3 rings (SSSR count). The quantitative estimate of drug-likeness (QED) is 0.336. The Morgan fingerprint density at radius 2 is 1.62 bits per heavy atom. The standard InChI is InChI=1S/C29H54N2O3/c1-8-10-11-12-13-14-15-23-16-29(17-23)31(18-24(19-32)22(3)9-2)25(33)28(34-29)20-26(4,5)30-27(6,7)21-28/h22-24,30,32H,8-21H2,1-7H3. The first-order valence-corrected chi connectivity index (χ1v) is 14.3. The lowest BCUT2D eigenvalue weighted by Crippen LogP contribution is -2.65. The first-order valence-electron chi connectivity index (χ1n) is 14.3. The molecule has 0 aromatic heterocycles. The van der Waals surface area contributed by atoms with Crippen molar-refractivity contribution >= 4 is 5.91 Å². The minimum Gasteiger partial charge on any atom is -0.396 e. The SMILES string of the molecule is CCCCCCCCC1CC2(C1)OC1(CC(C)(C)NC(C)(C)C1)C(=O)N2CC(CO)C(C)CC. The molecule has 1 amide bonds. The molecule has 2 heterocycles. The summed E-state index contributed by atoms with van der Waals surface area (Å²) in [6.07, 6.45) is 13.6. The number of piperidine rings is 1. The van der Waals surface area contributed by atoms with Crippen LogP contribution in [0.2, 0.25) is 0 Å². The molecular weight excluding hydrogens is 424 g/mol. The van der Waals surface area contributed by atoms with E-state index in [4.69, 9.17) is 4.74 Å². The van der Waals surface area contributed by atoms with Gasteiger partial charge in [0.05, 0.1) is 0 Å². The zero-order chi connectivity index (χ0) is 25.2. The third-order valence-corrected chi connectivity index (χ3v) is 8.93. The highest BCUT2D eigenvalue weighted by atomic mass is 16.6. The van der Waals surface area contributed by atoms with Crippen molar-refractivity contribution in [3.8, 4) is 0 Å².